The maximum absolute atomic E-state index is 14.6. The number of hydrogen-bond acceptors (Lipinski definition) is 4. The number of rotatable bonds is 7. The van der Waals surface area contributed by atoms with Crippen LogP contribution in [0.2, 0.25) is 0 Å². The third-order valence-electron chi connectivity index (χ3n) is 5.82. The van der Waals surface area contributed by atoms with E-state index in [0.717, 1.165) is 37.8 Å². The molecule has 0 aliphatic carbocycles. The summed E-state index contributed by atoms with van der Waals surface area (Å²) in [6.07, 6.45) is 3.31. The number of halogens is 3. The lowest BCUT2D eigenvalue weighted by molar-refractivity contribution is 0.165. The molecule has 1 aromatic heterocycles. The average molecular weight is 441 g/mol. The van der Waals surface area contributed by atoms with E-state index in [1.807, 2.05) is 12.1 Å². The van der Waals surface area contributed by atoms with Gasteiger partial charge in [-0.2, -0.15) is 0 Å². The summed E-state index contributed by atoms with van der Waals surface area (Å²) in [5.74, 6) is -0.894. The second-order valence-corrected chi connectivity index (χ2v) is 8.33. The summed E-state index contributed by atoms with van der Waals surface area (Å²) in [7, 11) is 0. The minimum Gasteiger partial charge on any atom is -0.314 e. The zero-order valence-electron chi connectivity index (χ0n) is 18.1. The summed E-state index contributed by atoms with van der Waals surface area (Å²) in [6.45, 7) is 5.81. The van der Waals surface area contributed by atoms with Crippen molar-refractivity contribution in [2.45, 2.75) is 38.8 Å². The lowest BCUT2D eigenvalue weighted by Crippen LogP contribution is -2.49. The Morgan fingerprint density at radius 1 is 1.00 bits per heavy atom. The van der Waals surface area contributed by atoms with Crippen molar-refractivity contribution in [3.63, 3.8) is 0 Å². The van der Waals surface area contributed by atoms with Crippen molar-refractivity contribution in [1.82, 2.24) is 20.2 Å². The van der Waals surface area contributed by atoms with Gasteiger partial charge in [0, 0.05) is 56.5 Å². The van der Waals surface area contributed by atoms with E-state index >= 15 is 0 Å². The van der Waals surface area contributed by atoms with Gasteiger partial charge in [-0.1, -0.05) is 6.07 Å². The largest absolute Gasteiger partial charge is 0.314 e. The molecule has 32 heavy (non-hydrogen) atoms. The molecular weight excluding hydrogens is 413 g/mol. The molecule has 0 saturated carbocycles. The minimum absolute atomic E-state index is 0.318. The Hall–Kier alpha value is -2.77. The predicted molar refractivity (Wildman–Crippen MR) is 119 cm³/mol. The fourth-order valence-electron chi connectivity index (χ4n) is 4.10. The Morgan fingerprint density at radius 2 is 1.81 bits per heavy atom. The van der Waals surface area contributed by atoms with Crippen LogP contribution in [0.5, 0.6) is 0 Å². The quantitative estimate of drug-likeness (QED) is 0.586. The van der Waals surface area contributed by atoms with E-state index in [9.17, 15) is 13.2 Å². The molecule has 4 rings (SSSR count). The van der Waals surface area contributed by atoms with Gasteiger partial charge in [0.2, 0.25) is 0 Å². The van der Waals surface area contributed by atoms with Gasteiger partial charge >= 0.3 is 0 Å². The summed E-state index contributed by atoms with van der Waals surface area (Å²) in [4.78, 5) is 11.2. The molecule has 2 heterocycles. The zero-order chi connectivity index (χ0) is 22.5. The molecule has 0 unspecified atom stereocenters. The average Bonchev–Trinajstić information content (AvgIpc) is 2.76. The number of nitrogens with zero attached hydrogens (tertiary/aromatic N) is 3. The summed E-state index contributed by atoms with van der Waals surface area (Å²) in [6, 6.07) is 10.9. The minimum atomic E-state index is -0.580. The number of hydrogen-bond donors (Lipinski definition) is 1. The van der Waals surface area contributed by atoms with E-state index in [1.54, 1.807) is 12.3 Å². The van der Waals surface area contributed by atoms with Crippen LogP contribution in [0.4, 0.5) is 13.2 Å². The van der Waals surface area contributed by atoms with Crippen LogP contribution in [0.1, 0.15) is 30.3 Å². The Labute approximate surface area is 186 Å². The maximum Gasteiger partial charge on any atom is 0.132 e. The van der Waals surface area contributed by atoms with Crippen LogP contribution < -0.4 is 5.32 Å². The van der Waals surface area contributed by atoms with Crippen molar-refractivity contribution in [3.8, 4) is 11.3 Å². The highest BCUT2D eigenvalue weighted by atomic mass is 19.1. The first kappa shape index (κ1) is 22.4. The van der Waals surface area contributed by atoms with E-state index in [0.29, 0.717) is 47.9 Å². The Morgan fingerprint density at radius 3 is 2.59 bits per heavy atom. The van der Waals surface area contributed by atoms with Crippen LogP contribution in [-0.4, -0.2) is 40.5 Å². The molecule has 2 aromatic carbocycles. The monoisotopic (exact) mass is 440 g/mol. The maximum atomic E-state index is 14.6. The van der Waals surface area contributed by atoms with E-state index in [-0.39, 0.29) is 5.82 Å². The van der Waals surface area contributed by atoms with Crippen molar-refractivity contribution in [1.29, 1.82) is 0 Å². The molecule has 168 valence electrons. The van der Waals surface area contributed by atoms with Gasteiger partial charge in [-0.05, 0) is 61.2 Å². The fourth-order valence-corrected chi connectivity index (χ4v) is 4.10. The van der Waals surface area contributed by atoms with Crippen LogP contribution in [-0.2, 0) is 19.4 Å². The Bertz CT molecular complexity index is 1050. The van der Waals surface area contributed by atoms with Crippen LogP contribution >= 0.6 is 0 Å². The van der Waals surface area contributed by atoms with Crippen LogP contribution in [0.3, 0.4) is 0 Å². The van der Waals surface area contributed by atoms with Crippen LogP contribution in [0.15, 0.2) is 48.7 Å². The lowest BCUT2D eigenvalue weighted by atomic mass is 10.0. The highest BCUT2D eigenvalue weighted by Crippen LogP contribution is 2.24. The van der Waals surface area contributed by atoms with Crippen molar-refractivity contribution in [3.05, 3.63) is 83.1 Å². The molecule has 7 heteroatoms. The van der Waals surface area contributed by atoms with Crippen molar-refractivity contribution in [2.75, 3.05) is 19.6 Å². The molecule has 1 N–H and O–H groups in total. The van der Waals surface area contributed by atoms with Gasteiger partial charge in [-0.3, -0.25) is 4.90 Å². The van der Waals surface area contributed by atoms with Crippen LogP contribution in [0, 0.1) is 17.5 Å². The predicted octanol–water partition coefficient (Wildman–Crippen LogP) is 4.53. The molecule has 0 bridgehead atoms. The number of aryl methyl sites for hydroxylation is 2. The Balaban J connectivity index is 1.45. The topological polar surface area (TPSA) is 41.0 Å². The number of aromatic nitrogens is 2. The molecule has 1 aliphatic rings. The summed E-state index contributed by atoms with van der Waals surface area (Å²) >= 11 is 0. The van der Waals surface area contributed by atoms with Gasteiger partial charge in [0.05, 0.1) is 5.69 Å². The fraction of sp³-hybridized carbons (Fsp3) is 0.360. The second-order valence-electron chi connectivity index (χ2n) is 8.33. The molecule has 0 amide bonds. The summed E-state index contributed by atoms with van der Waals surface area (Å²) < 4.78 is 41.3. The second kappa shape index (κ2) is 10.2. The smallest absolute Gasteiger partial charge is 0.132 e. The van der Waals surface area contributed by atoms with Crippen LogP contribution in [0.25, 0.3) is 11.3 Å². The first-order valence-corrected chi connectivity index (χ1v) is 11.0. The van der Waals surface area contributed by atoms with Crippen molar-refractivity contribution >= 4 is 0 Å². The number of piperazine rings is 1. The molecule has 0 spiro atoms. The third-order valence-corrected chi connectivity index (χ3v) is 5.82. The normalized spacial score (nSPS) is 16.9. The molecule has 3 aromatic rings. The van der Waals surface area contributed by atoms with E-state index in [2.05, 4.69) is 27.1 Å². The molecule has 1 saturated heterocycles. The molecule has 1 fully saturated rings. The van der Waals surface area contributed by atoms with Gasteiger partial charge in [0.15, 0.2) is 0 Å². The molecular formula is C25H27F3N4. The molecule has 4 nitrogen and oxygen atoms in total. The highest BCUT2D eigenvalue weighted by Gasteiger charge is 2.18. The van der Waals surface area contributed by atoms with Gasteiger partial charge in [0.25, 0.3) is 0 Å². The molecule has 1 aliphatic heterocycles. The van der Waals surface area contributed by atoms with E-state index in [4.69, 9.17) is 0 Å². The standard InChI is InChI=1S/C25H27F3N4/c1-17-15-29-9-10-32(17)16-19-5-6-23(28)22(13-19)24-7-8-30-25(31-24)4-2-3-18-11-20(26)14-21(27)12-18/h5-8,11-14,17,29H,2-4,9-10,15-16H2,1H3/t17-/m0/s1. The van der Waals surface area contributed by atoms with E-state index in [1.165, 1.54) is 18.2 Å². The van der Waals surface area contributed by atoms with Crippen molar-refractivity contribution in [2.24, 2.45) is 0 Å². The summed E-state index contributed by atoms with van der Waals surface area (Å²) in [5, 5.41) is 3.38. The van der Waals surface area contributed by atoms with E-state index < -0.39 is 11.6 Å². The number of nitrogens with one attached hydrogen (secondary N) is 1. The van der Waals surface area contributed by atoms with Gasteiger partial charge in [0.1, 0.15) is 23.3 Å². The first-order valence-electron chi connectivity index (χ1n) is 11.0. The number of benzene rings is 2. The molecule has 0 radical (unpaired) electrons. The Kier molecular flexibility index (Phi) is 7.17. The highest BCUT2D eigenvalue weighted by molar-refractivity contribution is 5.60. The van der Waals surface area contributed by atoms with Gasteiger partial charge in [-0.15, -0.1) is 0 Å². The third kappa shape index (κ3) is 5.72. The van der Waals surface area contributed by atoms with Gasteiger partial charge in [-0.25, -0.2) is 23.1 Å². The molecule has 1 atom stereocenters. The first-order chi connectivity index (χ1) is 15.5. The van der Waals surface area contributed by atoms with Crippen molar-refractivity contribution < 1.29 is 13.2 Å². The lowest BCUT2D eigenvalue weighted by Gasteiger charge is -2.34. The zero-order valence-corrected chi connectivity index (χ0v) is 18.1. The SMILES string of the molecule is C[C@H]1CNCCN1Cc1ccc(F)c(-c2ccnc(CCCc3cc(F)cc(F)c3)n2)c1. The summed E-state index contributed by atoms with van der Waals surface area (Å²) in [5.41, 5.74) is 2.64. The van der Waals surface area contributed by atoms with Gasteiger partial charge < -0.3 is 5.32 Å².